The monoisotopic (exact) mass is 291 g/mol. The fourth-order valence-electron chi connectivity index (χ4n) is 2.54. The molecule has 1 aliphatic heterocycles. The number of aliphatic hydroxyl groups is 1. The number of amides is 1. The first kappa shape index (κ1) is 15.8. The van der Waals surface area contributed by atoms with Crippen LogP contribution < -0.4 is 5.32 Å². The molecule has 0 bridgehead atoms. The van der Waals surface area contributed by atoms with Gasteiger partial charge in [0.15, 0.2) is 0 Å². The Morgan fingerprint density at radius 2 is 2.33 bits per heavy atom. The number of aliphatic hydroxyl groups excluding tert-OH is 1. The van der Waals surface area contributed by atoms with Crippen molar-refractivity contribution < 1.29 is 9.90 Å². The van der Waals surface area contributed by atoms with Crippen molar-refractivity contribution in [2.45, 2.75) is 39.7 Å². The summed E-state index contributed by atoms with van der Waals surface area (Å²) in [4.78, 5) is 18.7. The van der Waals surface area contributed by atoms with Crippen LogP contribution in [0, 0.1) is 12.8 Å². The molecule has 5 heteroatoms. The van der Waals surface area contributed by atoms with Gasteiger partial charge in [0.05, 0.1) is 17.4 Å². The Balaban J connectivity index is 2.18. The quantitative estimate of drug-likeness (QED) is 0.891. The van der Waals surface area contributed by atoms with E-state index in [4.69, 9.17) is 0 Å². The maximum absolute atomic E-state index is 12.7. The number of anilines is 1. The fraction of sp³-hybridized carbons (Fsp3) is 0.625. The molecule has 5 nitrogen and oxygen atoms in total. The Bertz CT molecular complexity index is 504. The average molecular weight is 291 g/mol. The fourth-order valence-corrected chi connectivity index (χ4v) is 2.54. The lowest BCUT2D eigenvalue weighted by Gasteiger charge is -2.34. The van der Waals surface area contributed by atoms with Gasteiger partial charge in [-0.15, -0.1) is 0 Å². The van der Waals surface area contributed by atoms with Gasteiger partial charge in [0.25, 0.3) is 5.91 Å². The zero-order valence-corrected chi connectivity index (χ0v) is 13.1. The lowest BCUT2D eigenvalue weighted by atomic mass is 9.95. The highest BCUT2D eigenvalue weighted by Gasteiger charge is 2.29. The number of carbonyl (C=O) groups is 1. The van der Waals surface area contributed by atoms with Gasteiger partial charge in [-0.1, -0.05) is 13.8 Å². The number of pyridine rings is 1. The number of nitrogens with zero attached hydrogens (tertiary/aromatic N) is 2. The Hall–Kier alpha value is -1.62. The van der Waals surface area contributed by atoms with Gasteiger partial charge >= 0.3 is 0 Å². The van der Waals surface area contributed by atoms with Gasteiger partial charge in [-0.05, 0) is 31.7 Å². The minimum Gasteiger partial charge on any atom is -0.391 e. The van der Waals surface area contributed by atoms with Crippen LogP contribution in [0.3, 0.4) is 0 Å². The molecule has 2 heterocycles. The van der Waals surface area contributed by atoms with Crippen LogP contribution in [0.2, 0.25) is 0 Å². The predicted molar refractivity (Wildman–Crippen MR) is 83.4 cm³/mol. The van der Waals surface area contributed by atoms with Crippen LogP contribution in [0.1, 0.15) is 42.7 Å². The van der Waals surface area contributed by atoms with E-state index in [0.717, 1.165) is 30.8 Å². The number of β-amino-alcohol motifs (C(OH)–C–C–N with tert-alkyl or cyclic N) is 1. The van der Waals surface area contributed by atoms with E-state index in [1.807, 2.05) is 19.9 Å². The molecule has 1 aliphatic rings. The zero-order chi connectivity index (χ0) is 15.4. The average Bonchev–Trinajstić information content (AvgIpc) is 2.47. The molecule has 0 aromatic carbocycles. The van der Waals surface area contributed by atoms with Crippen molar-refractivity contribution in [3.05, 3.63) is 23.5 Å². The van der Waals surface area contributed by atoms with Crippen LogP contribution in [0.5, 0.6) is 0 Å². The van der Waals surface area contributed by atoms with Gasteiger partial charge in [0.2, 0.25) is 0 Å². The number of nitrogens with one attached hydrogen (secondary N) is 1. The molecule has 116 valence electrons. The van der Waals surface area contributed by atoms with E-state index in [2.05, 4.69) is 17.2 Å². The molecule has 1 saturated heterocycles. The van der Waals surface area contributed by atoms with Crippen molar-refractivity contribution in [3.8, 4) is 0 Å². The minimum atomic E-state index is -0.437. The van der Waals surface area contributed by atoms with Crippen molar-refractivity contribution in [3.63, 3.8) is 0 Å². The van der Waals surface area contributed by atoms with Crippen LogP contribution in [0.15, 0.2) is 12.3 Å². The summed E-state index contributed by atoms with van der Waals surface area (Å²) >= 11 is 0. The lowest BCUT2D eigenvalue weighted by Crippen LogP contribution is -2.46. The van der Waals surface area contributed by atoms with Crippen molar-refractivity contribution in [2.24, 2.45) is 5.92 Å². The molecule has 1 fully saturated rings. The first-order valence-electron chi connectivity index (χ1n) is 7.70. The third kappa shape index (κ3) is 3.73. The Kier molecular flexibility index (Phi) is 5.17. The topological polar surface area (TPSA) is 65.5 Å². The normalized spacial score (nSPS) is 22.2. The van der Waals surface area contributed by atoms with E-state index in [-0.39, 0.29) is 11.8 Å². The largest absolute Gasteiger partial charge is 0.391 e. The lowest BCUT2D eigenvalue weighted by molar-refractivity contribution is 0.0249. The predicted octanol–water partition coefficient (Wildman–Crippen LogP) is 2.05. The number of likely N-dealkylation sites (tertiary alicyclic amines) is 1. The highest BCUT2D eigenvalue weighted by molar-refractivity contribution is 5.99. The maximum atomic E-state index is 12.7. The summed E-state index contributed by atoms with van der Waals surface area (Å²) in [6.07, 6.45) is 3.03. The number of carbonyl (C=O) groups excluding carboxylic acids is 1. The molecule has 0 aliphatic carbocycles. The molecular weight excluding hydrogens is 266 g/mol. The van der Waals surface area contributed by atoms with Gasteiger partial charge < -0.3 is 15.3 Å². The molecule has 0 saturated carbocycles. The smallest absolute Gasteiger partial charge is 0.257 e. The number of aryl methyl sites for hydroxylation is 1. The number of hydrogen-bond acceptors (Lipinski definition) is 4. The molecular formula is C16H25N3O2. The molecule has 0 radical (unpaired) electrons. The molecule has 1 amide bonds. The van der Waals surface area contributed by atoms with E-state index in [9.17, 15) is 9.90 Å². The standard InChI is InChI=1S/C16H25N3O2/c1-4-6-17-14-8-12(3)18-9-13(14)16(21)19-7-5-11(2)15(20)10-19/h8-9,11,15,20H,4-7,10H2,1-3H3,(H,17,18). The van der Waals surface area contributed by atoms with Crippen LogP contribution in [-0.2, 0) is 0 Å². The third-order valence-corrected chi connectivity index (χ3v) is 4.04. The second-order valence-electron chi connectivity index (χ2n) is 5.88. The molecule has 1 aromatic rings. The van der Waals surface area contributed by atoms with Crippen molar-refractivity contribution in [1.82, 2.24) is 9.88 Å². The number of piperidine rings is 1. The molecule has 1 aromatic heterocycles. The highest BCUT2D eigenvalue weighted by atomic mass is 16.3. The Morgan fingerprint density at radius 3 is 3.00 bits per heavy atom. The van der Waals surface area contributed by atoms with Crippen molar-refractivity contribution in [1.29, 1.82) is 0 Å². The number of rotatable bonds is 4. The van der Waals surface area contributed by atoms with Crippen molar-refractivity contribution >= 4 is 11.6 Å². The van der Waals surface area contributed by atoms with Gasteiger partial charge in [0, 0.05) is 31.5 Å². The molecule has 21 heavy (non-hydrogen) atoms. The molecule has 2 atom stereocenters. The maximum Gasteiger partial charge on any atom is 0.257 e. The summed E-state index contributed by atoms with van der Waals surface area (Å²) in [6.45, 7) is 7.94. The molecule has 2 N–H and O–H groups in total. The van der Waals surface area contributed by atoms with E-state index >= 15 is 0 Å². The summed E-state index contributed by atoms with van der Waals surface area (Å²) in [6, 6.07) is 1.91. The number of hydrogen-bond donors (Lipinski definition) is 2. The number of aromatic nitrogens is 1. The van der Waals surface area contributed by atoms with E-state index < -0.39 is 6.10 Å². The highest BCUT2D eigenvalue weighted by Crippen LogP contribution is 2.22. The van der Waals surface area contributed by atoms with E-state index in [1.165, 1.54) is 0 Å². The first-order chi connectivity index (χ1) is 10.0. The van der Waals surface area contributed by atoms with E-state index in [1.54, 1.807) is 11.1 Å². The van der Waals surface area contributed by atoms with Crippen molar-refractivity contribution in [2.75, 3.05) is 25.0 Å². The molecule has 0 spiro atoms. The van der Waals surface area contributed by atoms with Crippen LogP contribution in [0.4, 0.5) is 5.69 Å². The summed E-state index contributed by atoms with van der Waals surface area (Å²) in [5, 5.41) is 13.3. The third-order valence-electron chi connectivity index (χ3n) is 4.04. The minimum absolute atomic E-state index is 0.0490. The summed E-state index contributed by atoms with van der Waals surface area (Å²) < 4.78 is 0. The van der Waals surface area contributed by atoms with E-state index in [0.29, 0.717) is 18.7 Å². The second kappa shape index (κ2) is 6.89. The van der Waals surface area contributed by atoms with Gasteiger partial charge in [-0.3, -0.25) is 9.78 Å². The Morgan fingerprint density at radius 1 is 1.57 bits per heavy atom. The molecule has 2 unspecified atom stereocenters. The first-order valence-corrected chi connectivity index (χ1v) is 7.70. The summed E-state index contributed by atoms with van der Waals surface area (Å²) in [5.74, 6) is 0.204. The summed E-state index contributed by atoms with van der Waals surface area (Å²) in [5.41, 5.74) is 2.32. The zero-order valence-electron chi connectivity index (χ0n) is 13.1. The Labute approximate surface area is 126 Å². The van der Waals surface area contributed by atoms with Gasteiger partial charge in [0.1, 0.15) is 0 Å². The molecule has 2 rings (SSSR count). The summed E-state index contributed by atoms with van der Waals surface area (Å²) in [7, 11) is 0. The van der Waals surface area contributed by atoms with Gasteiger partial charge in [-0.2, -0.15) is 0 Å². The second-order valence-corrected chi connectivity index (χ2v) is 5.88. The van der Waals surface area contributed by atoms with Crippen LogP contribution in [0.25, 0.3) is 0 Å². The van der Waals surface area contributed by atoms with Crippen LogP contribution >= 0.6 is 0 Å². The SMILES string of the molecule is CCCNc1cc(C)ncc1C(=O)N1CCC(C)C(O)C1. The van der Waals surface area contributed by atoms with Gasteiger partial charge in [-0.25, -0.2) is 0 Å². The van der Waals surface area contributed by atoms with Crippen LogP contribution in [-0.4, -0.2) is 46.6 Å².